The fourth-order valence-electron chi connectivity index (χ4n) is 7.45. The average molecular weight is 847 g/mol. The molecule has 2 heterocycles. The van der Waals surface area contributed by atoms with E-state index in [0.29, 0.717) is 24.9 Å². The summed E-state index contributed by atoms with van der Waals surface area (Å²) in [7, 11) is -2.24. The van der Waals surface area contributed by atoms with Gasteiger partial charge < -0.3 is 19.6 Å². The van der Waals surface area contributed by atoms with E-state index in [-0.39, 0.29) is 13.2 Å². The van der Waals surface area contributed by atoms with Crippen LogP contribution in [0.5, 0.6) is 0 Å². The van der Waals surface area contributed by atoms with Gasteiger partial charge >= 0.3 is 15.5 Å². The quantitative estimate of drug-likeness (QED) is 0.0440. The van der Waals surface area contributed by atoms with Crippen molar-refractivity contribution < 1.29 is 27.2 Å². The van der Waals surface area contributed by atoms with E-state index in [1.807, 2.05) is 23.9 Å². The highest BCUT2D eigenvalue weighted by molar-refractivity contribution is 7.52. The van der Waals surface area contributed by atoms with E-state index in [1.165, 1.54) is 129 Å². The Labute approximate surface area is 350 Å². The first kappa shape index (κ1) is 52.0. The number of hydrogen-bond donors (Lipinski definition) is 0. The molecule has 0 amide bonds. The molecule has 2 saturated heterocycles. The van der Waals surface area contributed by atoms with Crippen molar-refractivity contribution in [1.29, 1.82) is 0 Å². The number of hydrogen-bond acceptors (Lipinski definition) is 6. The monoisotopic (exact) mass is 847 g/mol. The summed E-state index contributed by atoms with van der Waals surface area (Å²) >= 11 is 0. The summed E-state index contributed by atoms with van der Waals surface area (Å²) in [6, 6.07) is 0. The summed E-state index contributed by atoms with van der Waals surface area (Å²) in [6.07, 6.45) is 31.4. The minimum atomic E-state index is -3.81. The molecule has 336 valence electrons. The van der Waals surface area contributed by atoms with Gasteiger partial charge in [-0.25, -0.2) is 9.13 Å². The molecule has 2 fully saturated rings. The van der Waals surface area contributed by atoms with Gasteiger partial charge in [0.05, 0.1) is 19.8 Å². The molecule has 0 spiro atoms. The third kappa shape index (κ3) is 23.4. The first-order valence-electron chi connectivity index (χ1n) is 23.5. The van der Waals surface area contributed by atoms with E-state index in [9.17, 15) is 9.13 Å². The third-order valence-electron chi connectivity index (χ3n) is 11.2. The lowest BCUT2D eigenvalue weighted by Gasteiger charge is -2.23. The number of nitrogens with zero attached hydrogens (tertiary/aromatic N) is 6. The molecule has 0 N–H and O–H groups in total. The van der Waals surface area contributed by atoms with Gasteiger partial charge in [-0.2, -0.15) is 0 Å². The standard InChI is InChI=1S/C43H88N6O6P2/c1-7-10-13-16-18-20-22-24-26-29-33-48-37-35-46(4)42(48)44-56(50,52-6)53-40-32-41-55-57(51,54-39-31-28-15-12-9-3)45-43-47(5)36-38-49(43)34-30-27-25-23-21-19-17-14-11-8-2/h7-41H2,1-6H3/b44-42+,45-43+. The fourth-order valence-corrected chi connectivity index (χ4v) is 9.96. The second-order valence-electron chi connectivity index (χ2n) is 16.4. The van der Waals surface area contributed by atoms with Crippen molar-refractivity contribution in [3.63, 3.8) is 0 Å². The van der Waals surface area contributed by atoms with Crippen molar-refractivity contribution in [2.75, 3.05) is 80.3 Å². The highest BCUT2D eigenvalue weighted by Crippen LogP contribution is 2.52. The first-order chi connectivity index (χ1) is 27.7. The summed E-state index contributed by atoms with van der Waals surface area (Å²) < 4.78 is 60.2. The van der Waals surface area contributed by atoms with Crippen molar-refractivity contribution in [3.05, 3.63) is 0 Å². The van der Waals surface area contributed by atoms with E-state index >= 15 is 0 Å². The van der Waals surface area contributed by atoms with E-state index < -0.39 is 15.5 Å². The van der Waals surface area contributed by atoms with E-state index in [4.69, 9.17) is 22.9 Å². The van der Waals surface area contributed by atoms with Crippen molar-refractivity contribution in [2.45, 2.75) is 188 Å². The van der Waals surface area contributed by atoms with Crippen LogP contribution >= 0.6 is 15.5 Å². The van der Waals surface area contributed by atoms with Gasteiger partial charge in [-0.15, -0.1) is 9.53 Å². The molecule has 2 aliphatic rings. The lowest BCUT2D eigenvalue weighted by atomic mass is 10.1. The zero-order valence-corrected chi connectivity index (χ0v) is 39.6. The molecule has 2 aliphatic heterocycles. The molecule has 14 heteroatoms. The first-order valence-corrected chi connectivity index (χ1v) is 26.5. The van der Waals surface area contributed by atoms with E-state index in [1.54, 1.807) is 0 Å². The fraction of sp³-hybridized carbons (Fsp3) is 0.953. The second kappa shape index (κ2) is 32.6. The van der Waals surface area contributed by atoms with Crippen LogP contribution in [0, 0.1) is 0 Å². The van der Waals surface area contributed by atoms with Crippen LogP contribution in [0.15, 0.2) is 9.53 Å². The van der Waals surface area contributed by atoms with Crippen LogP contribution in [0.25, 0.3) is 0 Å². The van der Waals surface area contributed by atoms with Crippen LogP contribution in [0.2, 0.25) is 0 Å². The molecule has 12 nitrogen and oxygen atoms in total. The number of rotatable bonds is 38. The van der Waals surface area contributed by atoms with Gasteiger partial charge in [0.2, 0.25) is 11.9 Å². The molecule has 57 heavy (non-hydrogen) atoms. The third-order valence-corrected chi connectivity index (χ3v) is 14.0. The van der Waals surface area contributed by atoms with Gasteiger partial charge in [0, 0.05) is 60.5 Å². The molecule has 2 rings (SSSR count). The summed E-state index contributed by atoms with van der Waals surface area (Å²) in [5.41, 5.74) is 0. The Bertz CT molecular complexity index is 1160. The summed E-state index contributed by atoms with van der Waals surface area (Å²) in [5, 5.41) is 0. The van der Waals surface area contributed by atoms with Gasteiger partial charge in [0.1, 0.15) is 0 Å². The lowest BCUT2D eigenvalue weighted by molar-refractivity contribution is 0.178. The maximum absolute atomic E-state index is 14.2. The van der Waals surface area contributed by atoms with Crippen molar-refractivity contribution in [3.8, 4) is 0 Å². The Kier molecular flexibility index (Phi) is 29.7. The predicted octanol–water partition coefficient (Wildman–Crippen LogP) is 12.3. The zero-order valence-electron chi connectivity index (χ0n) is 37.8. The number of guanidine groups is 2. The van der Waals surface area contributed by atoms with Crippen LogP contribution in [0.4, 0.5) is 0 Å². The molecule has 2 unspecified atom stereocenters. The van der Waals surface area contributed by atoms with Crippen molar-refractivity contribution >= 4 is 27.4 Å². The number of unbranched alkanes of at least 4 members (excludes halogenated alkanes) is 22. The molecule has 0 aromatic carbocycles. The molecule has 0 bridgehead atoms. The van der Waals surface area contributed by atoms with E-state index in [2.05, 4.69) is 35.3 Å². The molecule has 0 aromatic rings. The molecule has 0 aromatic heterocycles. The van der Waals surface area contributed by atoms with Crippen LogP contribution < -0.4 is 0 Å². The molecular formula is C43H88N6O6P2. The highest BCUT2D eigenvalue weighted by Gasteiger charge is 2.33. The minimum Gasteiger partial charge on any atom is -0.344 e. The second-order valence-corrected chi connectivity index (χ2v) is 19.8. The zero-order chi connectivity index (χ0) is 41.5. The van der Waals surface area contributed by atoms with Gasteiger partial charge in [0.25, 0.3) is 0 Å². The van der Waals surface area contributed by atoms with Gasteiger partial charge in [-0.3, -0.25) is 18.1 Å². The highest BCUT2D eigenvalue weighted by atomic mass is 31.2. The van der Waals surface area contributed by atoms with Crippen LogP contribution in [0.3, 0.4) is 0 Å². The molecular weight excluding hydrogens is 758 g/mol. The summed E-state index contributed by atoms with van der Waals surface area (Å²) in [5.74, 6) is 1.34. The SMILES string of the molecule is CCCCCCCCCCCCN1CCN(C)/C1=N\P(=O)(OC)OCCCOP(=O)(/N=C1\N(C)CCN1CCCCCCCCCCCC)OCCCCCCC. The van der Waals surface area contributed by atoms with Gasteiger partial charge in [-0.1, -0.05) is 162 Å². The minimum absolute atomic E-state index is 0.0718. The molecule has 0 saturated carbocycles. The largest absolute Gasteiger partial charge is 0.457 e. The molecule has 0 aliphatic carbocycles. The topological polar surface area (TPSA) is 109 Å². The molecule has 0 radical (unpaired) electrons. The Morgan fingerprint density at radius 3 is 1.14 bits per heavy atom. The summed E-state index contributed by atoms with van der Waals surface area (Å²) in [6.45, 7) is 12.3. The smallest absolute Gasteiger partial charge is 0.344 e. The summed E-state index contributed by atoms with van der Waals surface area (Å²) in [4.78, 5) is 8.48. The Morgan fingerprint density at radius 2 is 0.754 bits per heavy atom. The normalized spacial score (nSPS) is 18.4. The maximum atomic E-state index is 14.2. The predicted molar refractivity (Wildman–Crippen MR) is 240 cm³/mol. The average Bonchev–Trinajstić information content (AvgIpc) is 3.73. The Hall–Kier alpha value is -1.16. The van der Waals surface area contributed by atoms with Crippen LogP contribution in [-0.2, 0) is 27.2 Å². The van der Waals surface area contributed by atoms with Crippen molar-refractivity contribution in [2.24, 2.45) is 9.53 Å². The van der Waals surface area contributed by atoms with Gasteiger partial charge in [-0.05, 0) is 25.7 Å². The van der Waals surface area contributed by atoms with E-state index in [0.717, 1.165) is 77.8 Å². The van der Waals surface area contributed by atoms with Crippen molar-refractivity contribution in [1.82, 2.24) is 19.6 Å². The van der Waals surface area contributed by atoms with Gasteiger partial charge in [0.15, 0.2) is 0 Å². The maximum Gasteiger partial charge on any atom is 0.457 e. The number of likely N-dealkylation sites (N-methyl/N-ethyl adjacent to an activating group) is 2. The Balaban J connectivity index is 1.89. The lowest BCUT2D eigenvalue weighted by Crippen LogP contribution is -2.32. The molecule has 2 atom stereocenters. The van der Waals surface area contributed by atoms with Crippen LogP contribution in [0.1, 0.15) is 188 Å². The Morgan fingerprint density at radius 1 is 0.439 bits per heavy atom. The van der Waals surface area contributed by atoms with Crippen LogP contribution in [-0.4, -0.2) is 112 Å².